The number of aromatic amines is 1. The van der Waals surface area contributed by atoms with Crippen LogP contribution in [0.3, 0.4) is 0 Å². The molecule has 0 atom stereocenters. The Bertz CT molecular complexity index is 609. The van der Waals surface area contributed by atoms with Crippen LogP contribution in [0.25, 0.3) is 16.9 Å². The van der Waals surface area contributed by atoms with Crippen molar-refractivity contribution >= 4 is 11.5 Å². The van der Waals surface area contributed by atoms with Crippen molar-refractivity contribution in [3.8, 4) is 11.3 Å². The lowest BCUT2D eigenvalue weighted by Gasteiger charge is -2.02. The number of H-pyrrole nitrogens is 1. The van der Waals surface area contributed by atoms with E-state index in [4.69, 9.17) is 0 Å². The van der Waals surface area contributed by atoms with Gasteiger partial charge in [0.1, 0.15) is 0 Å². The highest BCUT2D eigenvalue weighted by atomic mass is 15.1. The van der Waals surface area contributed by atoms with Gasteiger partial charge in [0.05, 0.1) is 18.1 Å². The van der Waals surface area contributed by atoms with Crippen LogP contribution in [0.5, 0.6) is 0 Å². The van der Waals surface area contributed by atoms with E-state index in [1.807, 2.05) is 30.0 Å². The molecule has 0 fully saturated rings. The minimum absolute atomic E-state index is 0.761. The molecule has 2 N–H and O–H groups in total. The number of imidazole rings is 1. The van der Waals surface area contributed by atoms with E-state index < -0.39 is 0 Å². The quantitative estimate of drug-likeness (QED) is 0.671. The molecule has 0 aliphatic rings. The monoisotopic (exact) mass is 214 g/mol. The number of hydrogen-bond acceptors (Lipinski definition) is 4. The van der Waals surface area contributed by atoms with Crippen molar-refractivity contribution in [2.75, 3.05) is 12.4 Å². The third-order valence-electron chi connectivity index (χ3n) is 2.46. The van der Waals surface area contributed by atoms with Gasteiger partial charge in [0.15, 0.2) is 11.5 Å². The average molecular weight is 214 g/mol. The smallest absolute Gasteiger partial charge is 0.180 e. The fraction of sp³-hybridized carbons (Fsp3) is 0.100. The maximum absolute atomic E-state index is 4.34. The molecule has 3 heterocycles. The predicted molar refractivity (Wildman–Crippen MR) is 60.1 cm³/mol. The topological polar surface area (TPSA) is 70.9 Å². The van der Waals surface area contributed by atoms with Crippen molar-refractivity contribution in [3.63, 3.8) is 0 Å². The summed E-state index contributed by atoms with van der Waals surface area (Å²) in [7, 11) is 1.83. The fourth-order valence-electron chi connectivity index (χ4n) is 1.70. The molecule has 0 saturated heterocycles. The molecule has 16 heavy (non-hydrogen) atoms. The van der Waals surface area contributed by atoms with Gasteiger partial charge in [-0.05, 0) is 0 Å². The molecule has 0 amide bonds. The summed E-state index contributed by atoms with van der Waals surface area (Å²) < 4.78 is 1.98. The molecule has 0 saturated carbocycles. The summed E-state index contributed by atoms with van der Waals surface area (Å²) in [5.41, 5.74) is 2.80. The van der Waals surface area contributed by atoms with E-state index in [1.165, 1.54) is 0 Å². The fourth-order valence-corrected chi connectivity index (χ4v) is 1.70. The predicted octanol–water partition coefficient (Wildman–Crippen LogP) is 1.16. The third-order valence-corrected chi connectivity index (χ3v) is 2.46. The van der Waals surface area contributed by atoms with Gasteiger partial charge in [-0.3, -0.25) is 9.50 Å². The summed E-state index contributed by atoms with van der Waals surface area (Å²) in [6.07, 6.45) is 9.03. The van der Waals surface area contributed by atoms with Crippen molar-refractivity contribution < 1.29 is 0 Å². The molecule has 0 aliphatic carbocycles. The maximum atomic E-state index is 4.34. The standard InChI is InChI=1S/C10H10N6/c1-11-9-10-13-6-8(7-4-14-15-5-7)16(10)3-2-12-9/h2-6H,1H3,(H,11,12)(H,14,15). The van der Waals surface area contributed by atoms with Crippen molar-refractivity contribution in [2.45, 2.75) is 0 Å². The van der Waals surface area contributed by atoms with Gasteiger partial charge in [-0.2, -0.15) is 5.10 Å². The number of rotatable bonds is 2. The van der Waals surface area contributed by atoms with E-state index in [-0.39, 0.29) is 0 Å². The van der Waals surface area contributed by atoms with E-state index in [0.717, 1.165) is 22.7 Å². The minimum Gasteiger partial charge on any atom is -0.370 e. The third kappa shape index (κ3) is 1.16. The number of nitrogens with zero attached hydrogens (tertiary/aromatic N) is 4. The lowest BCUT2D eigenvalue weighted by Crippen LogP contribution is -1.97. The molecular weight excluding hydrogens is 204 g/mol. The Morgan fingerprint density at radius 3 is 3.00 bits per heavy atom. The first-order chi connectivity index (χ1) is 7.90. The number of fused-ring (bicyclic) bond motifs is 1. The molecule has 6 nitrogen and oxygen atoms in total. The molecular formula is C10H10N6. The van der Waals surface area contributed by atoms with E-state index in [9.17, 15) is 0 Å². The lowest BCUT2D eigenvalue weighted by atomic mass is 10.3. The first-order valence-corrected chi connectivity index (χ1v) is 4.89. The van der Waals surface area contributed by atoms with Crippen LogP contribution >= 0.6 is 0 Å². The summed E-state index contributed by atoms with van der Waals surface area (Å²) >= 11 is 0. The van der Waals surface area contributed by atoms with Crippen LogP contribution in [-0.4, -0.2) is 31.6 Å². The van der Waals surface area contributed by atoms with E-state index in [1.54, 1.807) is 12.4 Å². The van der Waals surface area contributed by atoms with Crippen molar-refractivity contribution in [3.05, 3.63) is 31.0 Å². The number of aromatic nitrogens is 5. The van der Waals surface area contributed by atoms with Gasteiger partial charge in [0, 0.05) is 31.2 Å². The number of anilines is 1. The molecule has 0 bridgehead atoms. The summed E-state index contributed by atoms with van der Waals surface area (Å²) in [6, 6.07) is 0. The Hall–Kier alpha value is -2.37. The Morgan fingerprint density at radius 2 is 2.25 bits per heavy atom. The molecule has 6 heteroatoms. The molecule has 0 radical (unpaired) electrons. The second kappa shape index (κ2) is 3.34. The highest BCUT2D eigenvalue weighted by molar-refractivity contribution is 5.69. The summed E-state index contributed by atoms with van der Waals surface area (Å²) in [5.74, 6) is 0.761. The first kappa shape index (κ1) is 8.90. The van der Waals surface area contributed by atoms with E-state index in [0.29, 0.717) is 0 Å². The summed E-state index contributed by atoms with van der Waals surface area (Å²) in [5, 5.41) is 9.73. The Labute approximate surface area is 91.4 Å². The van der Waals surface area contributed by atoms with E-state index in [2.05, 4.69) is 25.5 Å². The molecule has 0 aromatic carbocycles. The van der Waals surface area contributed by atoms with Crippen LogP contribution in [0.1, 0.15) is 0 Å². The second-order valence-electron chi connectivity index (χ2n) is 3.35. The van der Waals surface area contributed by atoms with Crippen LogP contribution in [0, 0.1) is 0 Å². The Morgan fingerprint density at radius 1 is 1.31 bits per heavy atom. The van der Waals surface area contributed by atoms with Crippen LogP contribution in [0.2, 0.25) is 0 Å². The Kier molecular flexibility index (Phi) is 1.86. The van der Waals surface area contributed by atoms with E-state index >= 15 is 0 Å². The van der Waals surface area contributed by atoms with Crippen molar-refractivity contribution in [2.24, 2.45) is 0 Å². The lowest BCUT2D eigenvalue weighted by molar-refractivity contribution is 1.09. The number of hydrogen-bond donors (Lipinski definition) is 2. The average Bonchev–Trinajstić information content (AvgIpc) is 2.96. The van der Waals surface area contributed by atoms with Gasteiger partial charge in [-0.1, -0.05) is 0 Å². The first-order valence-electron chi connectivity index (χ1n) is 4.89. The normalized spacial score (nSPS) is 10.8. The van der Waals surface area contributed by atoms with Gasteiger partial charge in [-0.25, -0.2) is 9.97 Å². The van der Waals surface area contributed by atoms with Crippen LogP contribution < -0.4 is 5.32 Å². The van der Waals surface area contributed by atoms with Crippen molar-refractivity contribution in [1.82, 2.24) is 24.6 Å². The van der Waals surface area contributed by atoms with Gasteiger partial charge in [0.2, 0.25) is 0 Å². The largest absolute Gasteiger partial charge is 0.370 e. The second-order valence-corrected chi connectivity index (χ2v) is 3.35. The molecule has 80 valence electrons. The molecule has 0 aliphatic heterocycles. The molecule has 0 spiro atoms. The maximum Gasteiger partial charge on any atom is 0.180 e. The molecule has 3 aromatic rings. The van der Waals surface area contributed by atoms with Crippen molar-refractivity contribution in [1.29, 1.82) is 0 Å². The van der Waals surface area contributed by atoms with Crippen LogP contribution in [0.15, 0.2) is 31.0 Å². The molecule has 3 rings (SSSR count). The van der Waals surface area contributed by atoms with Gasteiger partial charge < -0.3 is 5.32 Å². The zero-order chi connectivity index (χ0) is 11.0. The SMILES string of the molecule is CNc1nccn2c(-c3cn[nH]c3)cnc12. The highest BCUT2D eigenvalue weighted by Gasteiger charge is 2.09. The minimum atomic E-state index is 0.761. The Balaban J connectivity index is 2.29. The van der Waals surface area contributed by atoms with Crippen LogP contribution in [0.4, 0.5) is 5.82 Å². The molecule has 0 unspecified atom stereocenters. The van der Waals surface area contributed by atoms with Gasteiger partial charge >= 0.3 is 0 Å². The summed E-state index contributed by atoms with van der Waals surface area (Å²) in [6.45, 7) is 0. The van der Waals surface area contributed by atoms with Gasteiger partial charge in [-0.15, -0.1) is 0 Å². The zero-order valence-electron chi connectivity index (χ0n) is 8.68. The van der Waals surface area contributed by atoms with Gasteiger partial charge in [0.25, 0.3) is 0 Å². The number of nitrogens with one attached hydrogen (secondary N) is 2. The highest BCUT2D eigenvalue weighted by Crippen LogP contribution is 2.21. The van der Waals surface area contributed by atoms with Crippen LogP contribution in [-0.2, 0) is 0 Å². The zero-order valence-corrected chi connectivity index (χ0v) is 8.68. The summed E-state index contributed by atoms with van der Waals surface area (Å²) in [4.78, 5) is 8.54. The molecule has 3 aromatic heterocycles.